The monoisotopic (exact) mass is 270 g/mol. The maximum atomic E-state index is 5.62. The summed E-state index contributed by atoms with van der Waals surface area (Å²) in [6.07, 6.45) is 1.84. The molecule has 0 saturated heterocycles. The predicted octanol–water partition coefficient (Wildman–Crippen LogP) is 5.77. The fourth-order valence-corrected chi connectivity index (χ4v) is 2.67. The standard InChI is InChI=1S/C20H14O/c1-2-6-15(7-3-1)16-10-12-17(13-11-16)19-14-21-20-9-5-4-8-18(19)20/h1-14H. The lowest BCUT2D eigenvalue weighted by Crippen LogP contribution is -1.79. The van der Waals surface area contributed by atoms with Gasteiger partial charge in [-0.2, -0.15) is 0 Å². The van der Waals surface area contributed by atoms with Crippen molar-refractivity contribution < 1.29 is 4.42 Å². The minimum Gasteiger partial charge on any atom is -0.464 e. The third-order valence-electron chi connectivity index (χ3n) is 3.78. The Morgan fingerprint density at radius 1 is 0.524 bits per heavy atom. The van der Waals surface area contributed by atoms with E-state index in [0.29, 0.717) is 0 Å². The van der Waals surface area contributed by atoms with Crippen molar-refractivity contribution in [2.75, 3.05) is 0 Å². The van der Waals surface area contributed by atoms with Gasteiger partial charge in [0.25, 0.3) is 0 Å². The lowest BCUT2D eigenvalue weighted by molar-refractivity contribution is 0.617. The second kappa shape index (κ2) is 4.95. The lowest BCUT2D eigenvalue weighted by atomic mass is 10.00. The summed E-state index contributed by atoms with van der Waals surface area (Å²) in [5.41, 5.74) is 5.72. The summed E-state index contributed by atoms with van der Waals surface area (Å²) in [5, 5.41) is 1.16. The Hall–Kier alpha value is -2.80. The molecule has 100 valence electrons. The molecule has 0 atom stereocenters. The molecule has 1 aromatic heterocycles. The first kappa shape index (κ1) is 12.0. The maximum absolute atomic E-state index is 5.62. The van der Waals surface area contributed by atoms with Crippen molar-refractivity contribution in [3.8, 4) is 22.3 Å². The fourth-order valence-electron chi connectivity index (χ4n) is 2.67. The molecule has 0 amide bonds. The van der Waals surface area contributed by atoms with E-state index >= 15 is 0 Å². The molecule has 0 spiro atoms. The number of fused-ring (bicyclic) bond motifs is 1. The molecular formula is C20H14O. The van der Waals surface area contributed by atoms with Crippen LogP contribution >= 0.6 is 0 Å². The zero-order valence-electron chi connectivity index (χ0n) is 11.5. The van der Waals surface area contributed by atoms with Crippen molar-refractivity contribution in [2.24, 2.45) is 0 Å². The zero-order chi connectivity index (χ0) is 14.1. The summed E-state index contributed by atoms with van der Waals surface area (Å²) in [7, 11) is 0. The largest absolute Gasteiger partial charge is 0.464 e. The van der Waals surface area contributed by atoms with Gasteiger partial charge in [-0.15, -0.1) is 0 Å². The molecule has 4 rings (SSSR count). The van der Waals surface area contributed by atoms with Crippen molar-refractivity contribution in [1.82, 2.24) is 0 Å². The summed E-state index contributed by atoms with van der Waals surface area (Å²) in [5.74, 6) is 0. The van der Waals surface area contributed by atoms with Crippen LogP contribution in [0.4, 0.5) is 0 Å². The van der Waals surface area contributed by atoms with Gasteiger partial charge < -0.3 is 4.42 Å². The molecule has 0 bridgehead atoms. The van der Waals surface area contributed by atoms with Gasteiger partial charge in [0, 0.05) is 10.9 Å². The van der Waals surface area contributed by atoms with E-state index in [-0.39, 0.29) is 0 Å². The van der Waals surface area contributed by atoms with E-state index in [0.717, 1.165) is 16.5 Å². The van der Waals surface area contributed by atoms with Crippen LogP contribution in [0.25, 0.3) is 33.2 Å². The van der Waals surface area contributed by atoms with Gasteiger partial charge in [-0.25, -0.2) is 0 Å². The van der Waals surface area contributed by atoms with Gasteiger partial charge in [0.2, 0.25) is 0 Å². The molecule has 0 aliphatic heterocycles. The number of para-hydroxylation sites is 1. The van der Waals surface area contributed by atoms with E-state index in [2.05, 4.69) is 54.6 Å². The van der Waals surface area contributed by atoms with Crippen molar-refractivity contribution >= 4 is 11.0 Å². The Labute approximate surface area is 123 Å². The van der Waals surface area contributed by atoms with E-state index in [1.807, 2.05) is 30.5 Å². The molecule has 3 aromatic carbocycles. The van der Waals surface area contributed by atoms with Crippen LogP contribution < -0.4 is 0 Å². The quantitative estimate of drug-likeness (QED) is 0.451. The first-order valence-electron chi connectivity index (χ1n) is 7.04. The van der Waals surface area contributed by atoms with E-state index in [1.165, 1.54) is 16.7 Å². The highest BCUT2D eigenvalue weighted by atomic mass is 16.3. The Balaban J connectivity index is 1.77. The minimum absolute atomic E-state index is 0.930. The molecule has 0 fully saturated rings. The second-order valence-electron chi connectivity index (χ2n) is 5.09. The number of benzene rings is 3. The summed E-state index contributed by atoms with van der Waals surface area (Å²) >= 11 is 0. The van der Waals surface area contributed by atoms with Gasteiger partial charge >= 0.3 is 0 Å². The zero-order valence-corrected chi connectivity index (χ0v) is 11.5. The van der Waals surface area contributed by atoms with E-state index in [9.17, 15) is 0 Å². The van der Waals surface area contributed by atoms with Gasteiger partial charge in [-0.1, -0.05) is 72.8 Å². The van der Waals surface area contributed by atoms with Crippen molar-refractivity contribution in [2.45, 2.75) is 0 Å². The molecule has 0 radical (unpaired) electrons. The Morgan fingerprint density at radius 2 is 1.14 bits per heavy atom. The Bertz CT molecular complexity index is 871. The molecule has 1 nitrogen and oxygen atoms in total. The molecule has 0 aliphatic carbocycles. The maximum Gasteiger partial charge on any atom is 0.134 e. The predicted molar refractivity (Wildman–Crippen MR) is 87.1 cm³/mol. The van der Waals surface area contributed by atoms with Crippen LogP contribution in [-0.2, 0) is 0 Å². The number of furan rings is 1. The molecule has 1 heterocycles. The van der Waals surface area contributed by atoms with Crippen molar-refractivity contribution in [1.29, 1.82) is 0 Å². The van der Waals surface area contributed by atoms with E-state index < -0.39 is 0 Å². The average molecular weight is 270 g/mol. The number of rotatable bonds is 2. The highest BCUT2D eigenvalue weighted by Crippen LogP contribution is 2.31. The first-order chi connectivity index (χ1) is 10.4. The SMILES string of the molecule is c1ccc(-c2ccc(-c3coc4ccccc34)cc2)cc1. The summed E-state index contributed by atoms with van der Waals surface area (Å²) < 4.78 is 5.62. The lowest BCUT2D eigenvalue weighted by Gasteiger charge is -2.03. The molecular weight excluding hydrogens is 256 g/mol. The third kappa shape index (κ3) is 2.13. The highest BCUT2D eigenvalue weighted by Gasteiger charge is 2.07. The highest BCUT2D eigenvalue weighted by molar-refractivity contribution is 5.94. The van der Waals surface area contributed by atoms with Crippen molar-refractivity contribution in [3.05, 3.63) is 85.1 Å². The van der Waals surface area contributed by atoms with E-state index in [4.69, 9.17) is 4.42 Å². The molecule has 4 aromatic rings. The molecule has 0 unspecified atom stereocenters. The fraction of sp³-hybridized carbons (Fsp3) is 0. The van der Waals surface area contributed by atoms with Crippen LogP contribution in [0.3, 0.4) is 0 Å². The molecule has 0 N–H and O–H groups in total. The van der Waals surface area contributed by atoms with Gasteiger partial charge in [-0.05, 0) is 22.8 Å². The average Bonchev–Trinajstić information content (AvgIpc) is 3.00. The van der Waals surface area contributed by atoms with E-state index in [1.54, 1.807) is 0 Å². The van der Waals surface area contributed by atoms with Crippen LogP contribution in [0.5, 0.6) is 0 Å². The Kier molecular flexibility index (Phi) is 2.82. The van der Waals surface area contributed by atoms with Crippen LogP contribution in [0, 0.1) is 0 Å². The molecule has 21 heavy (non-hydrogen) atoms. The van der Waals surface area contributed by atoms with Crippen molar-refractivity contribution in [3.63, 3.8) is 0 Å². The number of hydrogen-bond donors (Lipinski definition) is 0. The van der Waals surface area contributed by atoms with Gasteiger partial charge in [0.1, 0.15) is 5.58 Å². The Morgan fingerprint density at radius 3 is 1.95 bits per heavy atom. The molecule has 1 heteroatoms. The number of hydrogen-bond acceptors (Lipinski definition) is 1. The van der Waals surface area contributed by atoms with Gasteiger partial charge in [0.15, 0.2) is 0 Å². The molecule has 0 aliphatic rings. The van der Waals surface area contributed by atoms with Crippen LogP contribution in [-0.4, -0.2) is 0 Å². The van der Waals surface area contributed by atoms with Gasteiger partial charge in [0.05, 0.1) is 6.26 Å². The molecule has 0 saturated carbocycles. The summed E-state index contributed by atoms with van der Waals surface area (Å²) in [6, 6.07) is 27.2. The minimum atomic E-state index is 0.930. The summed E-state index contributed by atoms with van der Waals surface area (Å²) in [6.45, 7) is 0. The van der Waals surface area contributed by atoms with Crippen LogP contribution in [0.1, 0.15) is 0 Å². The van der Waals surface area contributed by atoms with Gasteiger partial charge in [-0.3, -0.25) is 0 Å². The second-order valence-corrected chi connectivity index (χ2v) is 5.09. The third-order valence-corrected chi connectivity index (χ3v) is 3.78. The first-order valence-corrected chi connectivity index (χ1v) is 7.04. The topological polar surface area (TPSA) is 13.1 Å². The summed E-state index contributed by atoms with van der Waals surface area (Å²) in [4.78, 5) is 0. The van der Waals surface area contributed by atoms with Crippen LogP contribution in [0.15, 0.2) is 89.5 Å². The normalized spacial score (nSPS) is 10.9. The van der Waals surface area contributed by atoms with Crippen LogP contribution in [0.2, 0.25) is 0 Å². The smallest absolute Gasteiger partial charge is 0.134 e.